The Balaban J connectivity index is 1.25. The molecule has 2 amide bonds. The fourth-order valence-corrected chi connectivity index (χ4v) is 5.05. The molecule has 10 heteroatoms. The topological polar surface area (TPSA) is 117 Å². The van der Waals surface area contributed by atoms with Crippen molar-refractivity contribution in [1.82, 2.24) is 10.8 Å². The summed E-state index contributed by atoms with van der Waals surface area (Å²) in [6.45, 7) is 1.56. The maximum atomic E-state index is 13.2. The van der Waals surface area contributed by atoms with E-state index in [4.69, 9.17) is 28.0 Å². The number of hydrogen-bond acceptors (Lipinski definition) is 5. The molecule has 4 aromatic carbocycles. The van der Waals surface area contributed by atoms with E-state index in [2.05, 4.69) is 16.1 Å². The molecule has 4 aromatic rings. The van der Waals surface area contributed by atoms with Crippen LogP contribution >= 0.6 is 23.2 Å². The van der Waals surface area contributed by atoms with Gasteiger partial charge in [-0.3, -0.25) is 19.9 Å². The second kappa shape index (κ2) is 11.6. The lowest BCUT2D eigenvalue weighted by molar-refractivity contribution is -0.148. The third-order valence-electron chi connectivity index (χ3n) is 6.75. The zero-order valence-corrected chi connectivity index (χ0v) is 23.3. The number of amides is 2. The van der Waals surface area contributed by atoms with E-state index in [0.29, 0.717) is 16.9 Å². The van der Waals surface area contributed by atoms with E-state index >= 15 is 0 Å². The Morgan fingerprint density at radius 1 is 0.927 bits per heavy atom. The zero-order chi connectivity index (χ0) is 29.1. The summed E-state index contributed by atoms with van der Waals surface area (Å²) in [6, 6.07) is 23.9. The van der Waals surface area contributed by atoms with Gasteiger partial charge in [0.15, 0.2) is 5.60 Å². The number of benzene rings is 4. The molecule has 0 fully saturated rings. The number of rotatable bonds is 8. The minimum absolute atomic E-state index is 0.0103. The van der Waals surface area contributed by atoms with Gasteiger partial charge in [0.2, 0.25) is 0 Å². The molecule has 8 nitrogen and oxygen atoms in total. The van der Waals surface area contributed by atoms with Gasteiger partial charge in [0.05, 0.1) is 21.3 Å². The van der Waals surface area contributed by atoms with Crippen LogP contribution in [0.1, 0.15) is 28.4 Å². The molecular formula is C31H25Cl2N3O5. The molecule has 4 N–H and O–H groups in total. The van der Waals surface area contributed by atoms with Gasteiger partial charge in [-0.1, -0.05) is 77.8 Å². The molecule has 5 rings (SSSR count). The monoisotopic (exact) mass is 589 g/mol. The van der Waals surface area contributed by atoms with Crippen molar-refractivity contribution in [2.75, 3.05) is 5.32 Å². The van der Waals surface area contributed by atoms with Crippen LogP contribution in [-0.4, -0.2) is 34.5 Å². The fraction of sp³-hybridized carbons (Fsp3) is 0.129. The van der Waals surface area contributed by atoms with E-state index in [-0.39, 0.29) is 22.0 Å². The van der Waals surface area contributed by atoms with E-state index in [9.17, 15) is 19.5 Å². The molecular weight excluding hydrogens is 565 g/mol. The first-order valence-electron chi connectivity index (χ1n) is 12.7. The number of carbonyl (C=O) groups is 3. The second-order valence-electron chi connectivity index (χ2n) is 9.75. The van der Waals surface area contributed by atoms with Crippen LogP contribution in [0.4, 0.5) is 5.69 Å². The number of anilines is 1. The highest BCUT2D eigenvalue weighted by atomic mass is 35.5. The maximum absolute atomic E-state index is 13.2. The molecule has 0 aliphatic carbocycles. The Morgan fingerprint density at radius 3 is 2.29 bits per heavy atom. The lowest BCUT2D eigenvalue weighted by Crippen LogP contribution is -2.51. The van der Waals surface area contributed by atoms with Crippen molar-refractivity contribution in [2.24, 2.45) is 0 Å². The number of halogens is 2. The quantitative estimate of drug-likeness (QED) is 0.205. The molecule has 0 bridgehead atoms. The van der Waals surface area contributed by atoms with Gasteiger partial charge in [0, 0.05) is 17.7 Å². The zero-order valence-electron chi connectivity index (χ0n) is 21.8. The van der Waals surface area contributed by atoms with Crippen LogP contribution < -0.4 is 16.1 Å². The highest BCUT2D eigenvalue weighted by molar-refractivity contribution is 6.40. The van der Waals surface area contributed by atoms with Crippen molar-refractivity contribution in [3.63, 3.8) is 0 Å². The van der Waals surface area contributed by atoms with Crippen molar-refractivity contribution in [2.45, 2.75) is 25.0 Å². The average molecular weight is 590 g/mol. The Morgan fingerprint density at radius 2 is 1.61 bits per heavy atom. The molecule has 0 saturated carbocycles. The normalized spacial score (nSPS) is 16.9. The van der Waals surface area contributed by atoms with Crippen molar-refractivity contribution >= 4 is 63.1 Å². The number of carboxylic acid groups (broad SMARTS) is 1. The summed E-state index contributed by atoms with van der Waals surface area (Å²) in [5, 5.41) is 17.7. The van der Waals surface area contributed by atoms with Crippen LogP contribution in [0, 0.1) is 0 Å². The standard InChI is InChI=1S/C31H25Cl2N3O5/c1-31(17-26(36-41-31)21-12-11-19-5-2-3-6-20(19)16-21)30(40)35-25(29(38)39)15-18-9-13-22(14-10-18)34-28(37)27-23(32)7-4-8-24(27)33/h2-14,16-17,25,36H,15H2,1H3,(H,34,37)(H,35,40)(H,38,39)/t25?,31-/m0/s1. The molecule has 1 heterocycles. The minimum atomic E-state index is -1.43. The molecule has 41 heavy (non-hydrogen) atoms. The Bertz CT molecular complexity index is 1670. The van der Waals surface area contributed by atoms with Gasteiger partial charge >= 0.3 is 5.97 Å². The summed E-state index contributed by atoms with van der Waals surface area (Å²) < 4.78 is 0. The van der Waals surface area contributed by atoms with Crippen LogP contribution in [0.15, 0.2) is 91.0 Å². The number of hydroxylamine groups is 1. The van der Waals surface area contributed by atoms with E-state index < -0.39 is 29.4 Å². The first-order chi connectivity index (χ1) is 19.6. The molecule has 1 aliphatic heterocycles. The lowest BCUT2D eigenvalue weighted by atomic mass is 9.99. The molecule has 208 valence electrons. The van der Waals surface area contributed by atoms with Gasteiger partial charge in [-0.05, 0) is 59.7 Å². The first-order valence-corrected chi connectivity index (χ1v) is 13.4. The van der Waals surface area contributed by atoms with Crippen LogP contribution in [-0.2, 0) is 20.8 Å². The van der Waals surface area contributed by atoms with Gasteiger partial charge in [-0.25, -0.2) is 4.79 Å². The summed E-state index contributed by atoms with van der Waals surface area (Å²) in [5.74, 6) is -2.27. The molecule has 0 radical (unpaired) electrons. The molecule has 1 unspecified atom stereocenters. The average Bonchev–Trinajstić information content (AvgIpc) is 3.36. The highest BCUT2D eigenvalue weighted by Crippen LogP contribution is 2.29. The van der Waals surface area contributed by atoms with Crippen molar-refractivity contribution in [1.29, 1.82) is 0 Å². The number of fused-ring (bicyclic) bond motifs is 1. The summed E-state index contributed by atoms with van der Waals surface area (Å²) in [6.07, 6.45) is 1.64. The number of nitrogens with one attached hydrogen (secondary N) is 3. The number of aliphatic carboxylic acids is 1. The lowest BCUT2D eigenvalue weighted by Gasteiger charge is -2.22. The minimum Gasteiger partial charge on any atom is -0.480 e. The third-order valence-corrected chi connectivity index (χ3v) is 7.38. The van der Waals surface area contributed by atoms with Crippen molar-refractivity contribution in [3.8, 4) is 0 Å². The summed E-state index contributed by atoms with van der Waals surface area (Å²) in [7, 11) is 0. The SMILES string of the molecule is C[C@@]1(C(=O)NC(Cc2ccc(NC(=O)c3c(Cl)cccc3Cl)cc2)C(=O)O)C=C(c2ccc3ccccc3c2)NO1. The summed E-state index contributed by atoms with van der Waals surface area (Å²) in [5.41, 5.74) is 4.07. The number of carboxylic acids is 1. The van der Waals surface area contributed by atoms with Crippen LogP contribution in [0.5, 0.6) is 0 Å². The Kier molecular flexibility index (Phi) is 7.99. The predicted molar refractivity (Wildman–Crippen MR) is 159 cm³/mol. The maximum Gasteiger partial charge on any atom is 0.326 e. The number of hydrogen-bond donors (Lipinski definition) is 4. The molecule has 0 saturated heterocycles. The summed E-state index contributed by atoms with van der Waals surface area (Å²) >= 11 is 12.2. The molecule has 0 spiro atoms. The summed E-state index contributed by atoms with van der Waals surface area (Å²) in [4.78, 5) is 43.4. The largest absolute Gasteiger partial charge is 0.480 e. The van der Waals surface area contributed by atoms with Crippen molar-refractivity contribution in [3.05, 3.63) is 118 Å². The van der Waals surface area contributed by atoms with E-state index in [1.807, 2.05) is 42.5 Å². The predicted octanol–water partition coefficient (Wildman–Crippen LogP) is 5.85. The van der Waals surface area contributed by atoms with Gasteiger partial charge in [-0.15, -0.1) is 0 Å². The van der Waals surface area contributed by atoms with Crippen molar-refractivity contribution < 1.29 is 24.3 Å². The van der Waals surface area contributed by atoms with Gasteiger partial charge in [0.1, 0.15) is 6.04 Å². The van der Waals surface area contributed by atoms with E-state index in [1.54, 1.807) is 55.5 Å². The van der Waals surface area contributed by atoms with Gasteiger partial charge in [-0.2, -0.15) is 0 Å². The Hall–Kier alpha value is -4.37. The smallest absolute Gasteiger partial charge is 0.326 e. The fourth-order valence-electron chi connectivity index (χ4n) is 4.48. The van der Waals surface area contributed by atoms with Gasteiger partial charge < -0.3 is 15.7 Å². The highest BCUT2D eigenvalue weighted by Gasteiger charge is 2.40. The van der Waals surface area contributed by atoms with E-state index in [1.165, 1.54) is 0 Å². The van der Waals surface area contributed by atoms with Crippen LogP contribution in [0.3, 0.4) is 0 Å². The molecule has 2 atom stereocenters. The van der Waals surface area contributed by atoms with Gasteiger partial charge in [0.25, 0.3) is 11.8 Å². The third kappa shape index (κ3) is 6.20. The van der Waals surface area contributed by atoms with Crippen LogP contribution in [0.25, 0.3) is 16.5 Å². The second-order valence-corrected chi connectivity index (χ2v) is 10.6. The van der Waals surface area contributed by atoms with Crippen LogP contribution in [0.2, 0.25) is 10.0 Å². The van der Waals surface area contributed by atoms with E-state index in [0.717, 1.165) is 16.3 Å². The Labute approximate surface area is 245 Å². The molecule has 1 aliphatic rings. The molecule has 0 aromatic heterocycles. The first kappa shape index (κ1) is 28.2. The number of carbonyl (C=O) groups excluding carboxylic acids is 2.